The molecular formula is C23H38N4O5S. The molecule has 2 fully saturated rings. The maximum atomic E-state index is 12.7. The number of unbranched alkanes of at least 4 members (excludes halogenated alkanes) is 1. The van der Waals surface area contributed by atoms with Gasteiger partial charge in [-0.05, 0) is 76.1 Å². The monoisotopic (exact) mass is 482 g/mol. The van der Waals surface area contributed by atoms with Crippen LogP contribution in [0.4, 0.5) is 5.69 Å². The summed E-state index contributed by atoms with van der Waals surface area (Å²) in [6.07, 6.45) is 8.67. The number of sulfonamides is 1. The van der Waals surface area contributed by atoms with Gasteiger partial charge in [0.05, 0.1) is 5.60 Å². The van der Waals surface area contributed by atoms with Crippen LogP contribution in [0, 0.1) is 5.92 Å². The minimum absolute atomic E-state index is 0.173. The Balaban J connectivity index is 1.49. The quantitative estimate of drug-likeness (QED) is 0.352. The fourth-order valence-electron chi connectivity index (χ4n) is 5.11. The maximum absolute atomic E-state index is 12.7. The third kappa shape index (κ3) is 6.88. The molecule has 3 rings (SSSR count). The van der Waals surface area contributed by atoms with Crippen molar-refractivity contribution in [3.8, 4) is 0 Å². The number of piperidine rings is 1. The van der Waals surface area contributed by atoms with Crippen LogP contribution in [0.1, 0.15) is 58.3 Å². The summed E-state index contributed by atoms with van der Waals surface area (Å²) in [6, 6.07) is 4.18. The van der Waals surface area contributed by atoms with Gasteiger partial charge in [-0.25, -0.2) is 13.1 Å². The molecule has 0 spiro atoms. The molecule has 1 aliphatic carbocycles. The topological polar surface area (TPSA) is 132 Å². The zero-order valence-electron chi connectivity index (χ0n) is 19.4. The van der Waals surface area contributed by atoms with E-state index in [0.717, 1.165) is 44.6 Å². The number of aliphatic carboxylic acids is 1. The van der Waals surface area contributed by atoms with Crippen molar-refractivity contribution < 1.29 is 23.4 Å². The molecule has 1 unspecified atom stereocenters. The molecule has 1 aromatic heterocycles. The van der Waals surface area contributed by atoms with E-state index in [4.69, 9.17) is 0 Å². The van der Waals surface area contributed by atoms with Crippen molar-refractivity contribution in [3.05, 3.63) is 24.5 Å². The number of nitrogens with one attached hydrogen (secondary N) is 2. The number of rotatable bonds is 11. The molecule has 1 aromatic rings. The van der Waals surface area contributed by atoms with Crippen LogP contribution in [0.2, 0.25) is 0 Å². The van der Waals surface area contributed by atoms with E-state index >= 15 is 0 Å². The average Bonchev–Trinajstić information content (AvgIpc) is 2.79. The van der Waals surface area contributed by atoms with Crippen molar-refractivity contribution in [3.63, 3.8) is 0 Å². The molecule has 10 heteroatoms. The van der Waals surface area contributed by atoms with Gasteiger partial charge in [-0.2, -0.15) is 0 Å². The summed E-state index contributed by atoms with van der Waals surface area (Å²) in [5, 5.41) is 22.4. The SMILES string of the molecule is CCCCNS(=O)(=O)C(C(=O)O)C1(O)CCC(N2CCC(CNc3ccncc3)CC2)CC1. The molecule has 2 aliphatic rings. The van der Waals surface area contributed by atoms with E-state index in [2.05, 4.69) is 19.9 Å². The standard InChI is InChI=1S/C23H38N4O5S/c1-2-3-12-26-33(31,32)21(22(28)29)23(30)10-4-20(5-11-23)27-15-8-18(9-16-27)17-25-19-6-13-24-14-7-19/h6-7,13-14,18,20-21,26,30H,2-5,8-12,15-17H2,1H3,(H,24,25)(H,28,29). The molecule has 1 saturated heterocycles. The number of carbonyl (C=O) groups is 1. The lowest BCUT2D eigenvalue weighted by molar-refractivity contribution is -0.143. The van der Waals surface area contributed by atoms with Gasteiger partial charge >= 0.3 is 5.97 Å². The Hall–Kier alpha value is -1.75. The molecule has 186 valence electrons. The van der Waals surface area contributed by atoms with Crippen molar-refractivity contribution >= 4 is 21.7 Å². The molecule has 1 aliphatic heterocycles. The molecule has 1 saturated carbocycles. The Bertz CT molecular complexity index is 851. The van der Waals surface area contributed by atoms with Gasteiger partial charge in [0.15, 0.2) is 0 Å². The maximum Gasteiger partial charge on any atom is 0.326 e. The number of hydrogen-bond donors (Lipinski definition) is 4. The molecular weight excluding hydrogens is 444 g/mol. The van der Waals surface area contributed by atoms with Crippen LogP contribution in [0.5, 0.6) is 0 Å². The summed E-state index contributed by atoms with van der Waals surface area (Å²) < 4.78 is 27.7. The van der Waals surface area contributed by atoms with Gasteiger partial charge in [-0.3, -0.25) is 9.78 Å². The van der Waals surface area contributed by atoms with Crippen LogP contribution in [0.15, 0.2) is 24.5 Å². The molecule has 0 radical (unpaired) electrons. The van der Waals surface area contributed by atoms with Crippen molar-refractivity contribution in [2.24, 2.45) is 5.92 Å². The first kappa shape index (κ1) is 25.9. The number of anilines is 1. The highest BCUT2D eigenvalue weighted by atomic mass is 32.2. The van der Waals surface area contributed by atoms with Gasteiger partial charge in [0.1, 0.15) is 0 Å². The van der Waals surface area contributed by atoms with E-state index in [9.17, 15) is 23.4 Å². The summed E-state index contributed by atoms with van der Waals surface area (Å²) in [5.41, 5.74) is -0.668. The largest absolute Gasteiger partial charge is 0.480 e. The highest BCUT2D eigenvalue weighted by Crippen LogP contribution is 2.37. The molecule has 0 amide bonds. The van der Waals surface area contributed by atoms with Crippen molar-refractivity contribution in [1.82, 2.24) is 14.6 Å². The zero-order chi connectivity index (χ0) is 23.9. The summed E-state index contributed by atoms with van der Waals surface area (Å²) in [4.78, 5) is 18.3. The lowest BCUT2D eigenvalue weighted by atomic mass is 9.78. The zero-order valence-corrected chi connectivity index (χ0v) is 20.3. The molecule has 0 bridgehead atoms. The van der Waals surface area contributed by atoms with Gasteiger partial charge in [0.25, 0.3) is 0 Å². The van der Waals surface area contributed by atoms with E-state index in [1.165, 1.54) is 0 Å². The Morgan fingerprint density at radius 3 is 2.42 bits per heavy atom. The number of pyridine rings is 1. The van der Waals surface area contributed by atoms with Crippen LogP contribution >= 0.6 is 0 Å². The summed E-state index contributed by atoms with van der Waals surface area (Å²) in [7, 11) is -4.15. The lowest BCUT2D eigenvalue weighted by Crippen LogP contribution is -2.58. The number of aromatic nitrogens is 1. The highest BCUT2D eigenvalue weighted by molar-refractivity contribution is 7.91. The van der Waals surface area contributed by atoms with E-state index in [-0.39, 0.29) is 25.4 Å². The number of nitrogens with zero attached hydrogens (tertiary/aromatic N) is 2. The average molecular weight is 483 g/mol. The van der Waals surface area contributed by atoms with Crippen molar-refractivity contribution in [2.45, 2.75) is 75.2 Å². The molecule has 0 aromatic carbocycles. The van der Waals surface area contributed by atoms with Gasteiger partial charge in [0, 0.05) is 37.2 Å². The van der Waals surface area contributed by atoms with Crippen LogP contribution in [-0.2, 0) is 14.8 Å². The number of aliphatic hydroxyl groups is 1. The second-order valence-electron chi connectivity index (χ2n) is 9.44. The van der Waals surface area contributed by atoms with E-state index in [1.807, 2.05) is 19.1 Å². The van der Waals surface area contributed by atoms with Crippen molar-refractivity contribution in [2.75, 3.05) is 31.5 Å². The third-order valence-electron chi connectivity index (χ3n) is 7.12. The van der Waals surface area contributed by atoms with Gasteiger partial charge < -0.3 is 20.4 Å². The first-order valence-electron chi connectivity index (χ1n) is 12.1. The number of likely N-dealkylation sites (tertiary alicyclic amines) is 1. The lowest BCUT2D eigenvalue weighted by Gasteiger charge is -2.44. The fraction of sp³-hybridized carbons (Fsp3) is 0.739. The Morgan fingerprint density at radius 1 is 1.21 bits per heavy atom. The number of carboxylic acid groups (broad SMARTS) is 1. The van der Waals surface area contributed by atoms with Gasteiger partial charge in [-0.15, -0.1) is 0 Å². The van der Waals surface area contributed by atoms with E-state index < -0.39 is 26.8 Å². The first-order chi connectivity index (χ1) is 15.7. The summed E-state index contributed by atoms with van der Waals surface area (Å²) in [5.74, 6) is -0.895. The van der Waals surface area contributed by atoms with Crippen LogP contribution < -0.4 is 10.0 Å². The Labute approximate surface area is 197 Å². The smallest absolute Gasteiger partial charge is 0.326 e. The molecule has 33 heavy (non-hydrogen) atoms. The van der Waals surface area contributed by atoms with Crippen LogP contribution in [0.3, 0.4) is 0 Å². The molecule has 2 heterocycles. The fourth-order valence-corrected chi connectivity index (χ4v) is 6.78. The minimum atomic E-state index is -4.15. The summed E-state index contributed by atoms with van der Waals surface area (Å²) >= 11 is 0. The Morgan fingerprint density at radius 2 is 1.85 bits per heavy atom. The van der Waals surface area contributed by atoms with E-state index in [1.54, 1.807) is 12.4 Å². The molecule has 9 nitrogen and oxygen atoms in total. The normalized spacial score (nSPS) is 26.1. The second kappa shape index (κ2) is 11.6. The van der Waals surface area contributed by atoms with Crippen molar-refractivity contribution in [1.29, 1.82) is 0 Å². The molecule has 4 N–H and O–H groups in total. The minimum Gasteiger partial charge on any atom is -0.480 e. The Kier molecular flexibility index (Phi) is 9.09. The van der Waals surface area contributed by atoms with Crippen LogP contribution in [0.25, 0.3) is 0 Å². The predicted octanol–water partition coefficient (Wildman–Crippen LogP) is 2.05. The summed E-state index contributed by atoms with van der Waals surface area (Å²) in [6.45, 7) is 4.96. The number of hydrogen-bond acceptors (Lipinski definition) is 7. The first-order valence-corrected chi connectivity index (χ1v) is 13.6. The van der Waals surface area contributed by atoms with Crippen LogP contribution in [-0.4, -0.2) is 77.6 Å². The highest BCUT2D eigenvalue weighted by Gasteiger charge is 2.51. The van der Waals surface area contributed by atoms with E-state index in [0.29, 0.717) is 25.2 Å². The van der Waals surface area contributed by atoms with Gasteiger partial charge in [-0.1, -0.05) is 13.3 Å². The predicted molar refractivity (Wildman–Crippen MR) is 127 cm³/mol. The third-order valence-corrected chi connectivity index (χ3v) is 8.99. The number of carboxylic acids is 1. The second-order valence-corrected chi connectivity index (χ2v) is 11.3. The van der Waals surface area contributed by atoms with Gasteiger partial charge in [0.2, 0.25) is 15.3 Å². The molecule has 1 atom stereocenters.